The summed E-state index contributed by atoms with van der Waals surface area (Å²) in [6.07, 6.45) is 4.59. The van der Waals surface area contributed by atoms with Crippen molar-refractivity contribution in [3.63, 3.8) is 0 Å². The van der Waals surface area contributed by atoms with E-state index < -0.39 is 5.97 Å². The molecule has 0 saturated carbocycles. The Morgan fingerprint density at radius 1 is 1.03 bits per heavy atom. The lowest BCUT2D eigenvalue weighted by atomic mass is 10.1. The highest BCUT2D eigenvalue weighted by Gasteiger charge is 2.10. The van der Waals surface area contributed by atoms with Crippen LogP contribution in [0.15, 0.2) is 66.9 Å². The second-order valence-electron chi connectivity index (χ2n) is 7.01. The van der Waals surface area contributed by atoms with E-state index in [1.807, 2.05) is 30.3 Å². The molecule has 0 saturated heterocycles. The summed E-state index contributed by atoms with van der Waals surface area (Å²) in [7, 11) is 0. The van der Waals surface area contributed by atoms with Crippen molar-refractivity contribution in [2.45, 2.75) is 13.8 Å². The van der Waals surface area contributed by atoms with Gasteiger partial charge in [-0.15, -0.1) is 0 Å². The molecule has 1 aromatic heterocycles. The number of ketones is 1. The van der Waals surface area contributed by atoms with Gasteiger partial charge in [0.05, 0.1) is 5.52 Å². The van der Waals surface area contributed by atoms with Gasteiger partial charge in [0.2, 0.25) is 5.91 Å². The van der Waals surface area contributed by atoms with Crippen LogP contribution >= 0.6 is 0 Å². The van der Waals surface area contributed by atoms with Crippen LogP contribution in [0.25, 0.3) is 17.0 Å². The molecule has 0 unspecified atom stereocenters. The Bertz CT molecular complexity index is 1100. The minimum atomic E-state index is -0.614. The van der Waals surface area contributed by atoms with Gasteiger partial charge in [0, 0.05) is 40.4 Å². The molecule has 3 aromatic rings. The second-order valence-corrected chi connectivity index (χ2v) is 7.01. The number of esters is 1. The molecule has 1 heterocycles. The first-order valence-electron chi connectivity index (χ1n) is 9.57. The summed E-state index contributed by atoms with van der Waals surface area (Å²) in [5.74, 6) is -1.18. The van der Waals surface area contributed by atoms with Gasteiger partial charge in [0.15, 0.2) is 12.4 Å². The van der Waals surface area contributed by atoms with Crippen LogP contribution in [0.1, 0.15) is 29.8 Å². The van der Waals surface area contributed by atoms with Crippen molar-refractivity contribution in [1.29, 1.82) is 0 Å². The molecule has 6 heteroatoms. The van der Waals surface area contributed by atoms with E-state index >= 15 is 0 Å². The number of para-hydroxylation sites is 1. The quantitative estimate of drug-likeness (QED) is 0.362. The van der Waals surface area contributed by atoms with E-state index in [0.717, 1.165) is 16.5 Å². The lowest BCUT2D eigenvalue weighted by molar-refractivity contribution is -0.136. The van der Waals surface area contributed by atoms with E-state index in [0.29, 0.717) is 11.3 Å². The first-order chi connectivity index (χ1) is 14.4. The molecule has 30 heavy (non-hydrogen) atoms. The van der Waals surface area contributed by atoms with Crippen molar-refractivity contribution >= 4 is 40.3 Å². The SMILES string of the molecule is CC(C)C(=O)Nc1ccc(C(=O)COC(=O)/C=C/c2cccc3cccnc23)cc1. The van der Waals surface area contributed by atoms with Crippen molar-refractivity contribution in [1.82, 2.24) is 4.98 Å². The molecule has 0 bridgehead atoms. The highest BCUT2D eigenvalue weighted by molar-refractivity contribution is 6.00. The van der Waals surface area contributed by atoms with E-state index in [1.54, 1.807) is 50.4 Å². The number of pyridine rings is 1. The van der Waals surface area contributed by atoms with Crippen LogP contribution < -0.4 is 5.32 Å². The number of aromatic nitrogens is 1. The molecule has 0 fully saturated rings. The minimum absolute atomic E-state index is 0.101. The Morgan fingerprint density at radius 3 is 2.50 bits per heavy atom. The summed E-state index contributed by atoms with van der Waals surface area (Å²) >= 11 is 0. The predicted octanol–water partition coefficient (Wildman–Crippen LogP) is 4.27. The first-order valence-corrected chi connectivity index (χ1v) is 9.57. The van der Waals surface area contributed by atoms with E-state index in [9.17, 15) is 14.4 Å². The fraction of sp³-hybridized carbons (Fsp3) is 0.167. The number of carbonyl (C=O) groups is 3. The second kappa shape index (κ2) is 9.60. The predicted molar refractivity (Wildman–Crippen MR) is 116 cm³/mol. The van der Waals surface area contributed by atoms with Crippen LogP contribution in [-0.2, 0) is 14.3 Å². The number of Topliss-reactive ketones (excluding diaryl/α,β-unsaturated/α-hetero) is 1. The number of benzene rings is 2. The van der Waals surface area contributed by atoms with E-state index in [1.165, 1.54) is 6.08 Å². The molecule has 3 rings (SSSR count). The molecule has 0 aliphatic carbocycles. The smallest absolute Gasteiger partial charge is 0.331 e. The largest absolute Gasteiger partial charge is 0.454 e. The number of ether oxygens (including phenoxy) is 1. The van der Waals surface area contributed by atoms with Gasteiger partial charge < -0.3 is 10.1 Å². The van der Waals surface area contributed by atoms with Crippen LogP contribution in [0.4, 0.5) is 5.69 Å². The van der Waals surface area contributed by atoms with E-state index in [-0.39, 0.29) is 24.2 Å². The summed E-state index contributed by atoms with van der Waals surface area (Å²) in [6, 6.07) is 15.9. The zero-order valence-electron chi connectivity index (χ0n) is 16.8. The molecule has 0 aliphatic heterocycles. The Balaban J connectivity index is 1.56. The zero-order valence-corrected chi connectivity index (χ0v) is 16.8. The zero-order chi connectivity index (χ0) is 21.5. The van der Waals surface area contributed by atoms with Crippen LogP contribution in [0.5, 0.6) is 0 Å². The van der Waals surface area contributed by atoms with Crippen LogP contribution in [0.3, 0.4) is 0 Å². The molecule has 0 radical (unpaired) electrons. The molecule has 1 N–H and O–H groups in total. The molecular weight excluding hydrogens is 380 g/mol. The average Bonchev–Trinajstić information content (AvgIpc) is 2.76. The number of nitrogens with zero attached hydrogens (tertiary/aromatic N) is 1. The third-order valence-electron chi connectivity index (χ3n) is 4.41. The number of nitrogens with one attached hydrogen (secondary N) is 1. The fourth-order valence-corrected chi connectivity index (χ4v) is 2.71. The highest BCUT2D eigenvalue weighted by atomic mass is 16.5. The monoisotopic (exact) mass is 402 g/mol. The van der Waals surface area contributed by atoms with Crippen molar-refractivity contribution < 1.29 is 19.1 Å². The fourth-order valence-electron chi connectivity index (χ4n) is 2.71. The number of fused-ring (bicyclic) bond motifs is 1. The van der Waals surface area contributed by atoms with Crippen LogP contribution in [0, 0.1) is 5.92 Å². The maximum absolute atomic E-state index is 12.2. The maximum Gasteiger partial charge on any atom is 0.331 e. The Kier molecular flexibility index (Phi) is 6.70. The minimum Gasteiger partial charge on any atom is -0.454 e. The third-order valence-corrected chi connectivity index (χ3v) is 4.41. The van der Waals surface area contributed by atoms with Crippen molar-refractivity contribution in [2.24, 2.45) is 5.92 Å². The van der Waals surface area contributed by atoms with Crippen molar-refractivity contribution in [3.8, 4) is 0 Å². The number of hydrogen-bond donors (Lipinski definition) is 1. The molecule has 0 atom stereocenters. The summed E-state index contributed by atoms with van der Waals surface area (Å²) in [5, 5.41) is 3.72. The van der Waals surface area contributed by atoms with Gasteiger partial charge in [-0.05, 0) is 36.4 Å². The highest BCUT2D eigenvalue weighted by Crippen LogP contribution is 2.17. The number of amides is 1. The molecule has 6 nitrogen and oxygen atoms in total. The van der Waals surface area contributed by atoms with Crippen molar-refractivity contribution in [3.05, 3.63) is 78.0 Å². The van der Waals surface area contributed by atoms with Crippen molar-refractivity contribution in [2.75, 3.05) is 11.9 Å². The molecule has 0 spiro atoms. The average molecular weight is 402 g/mol. The molecule has 152 valence electrons. The standard InChI is InChI=1S/C24H22N2O4/c1-16(2)24(29)26-20-11-8-17(9-12-20)21(27)15-30-22(28)13-10-19-6-3-5-18-7-4-14-25-23(18)19/h3-14,16H,15H2,1-2H3,(H,26,29)/b13-10+. The van der Waals surface area contributed by atoms with Gasteiger partial charge in [0.25, 0.3) is 0 Å². The number of hydrogen-bond acceptors (Lipinski definition) is 5. The van der Waals surface area contributed by atoms with E-state index in [4.69, 9.17) is 4.74 Å². The molecule has 1 amide bonds. The lowest BCUT2D eigenvalue weighted by Crippen LogP contribution is -2.18. The van der Waals surface area contributed by atoms with Crippen LogP contribution in [0.2, 0.25) is 0 Å². The maximum atomic E-state index is 12.2. The van der Waals surface area contributed by atoms with Gasteiger partial charge in [-0.25, -0.2) is 4.79 Å². The Hall–Kier alpha value is -3.80. The van der Waals surface area contributed by atoms with Gasteiger partial charge in [0.1, 0.15) is 0 Å². The van der Waals surface area contributed by atoms with Gasteiger partial charge in [-0.3, -0.25) is 14.6 Å². The number of carbonyl (C=O) groups excluding carboxylic acids is 3. The molecule has 0 aliphatic rings. The van der Waals surface area contributed by atoms with Gasteiger partial charge in [-0.2, -0.15) is 0 Å². The number of anilines is 1. The Morgan fingerprint density at radius 2 is 1.77 bits per heavy atom. The molecular formula is C24H22N2O4. The summed E-state index contributed by atoms with van der Waals surface area (Å²) in [5.41, 5.74) is 2.57. The lowest BCUT2D eigenvalue weighted by Gasteiger charge is -2.08. The molecule has 2 aromatic carbocycles. The first kappa shape index (κ1) is 20.9. The van der Waals surface area contributed by atoms with Crippen LogP contribution in [-0.4, -0.2) is 29.3 Å². The topological polar surface area (TPSA) is 85.4 Å². The Labute approximate surface area is 174 Å². The normalized spacial score (nSPS) is 11.0. The van der Waals surface area contributed by atoms with Gasteiger partial charge >= 0.3 is 5.97 Å². The summed E-state index contributed by atoms with van der Waals surface area (Å²) in [6.45, 7) is 3.23. The third kappa shape index (κ3) is 5.38. The summed E-state index contributed by atoms with van der Waals surface area (Å²) in [4.78, 5) is 40.3. The summed E-state index contributed by atoms with van der Waals surface area (Å²) < 4.78 is 5.05. The van der Waals surface area contributed by atoms with E-state index in [2.05, 4.69) is 10.3 Å². The number of rotatable bonds is 7. The van der Waals surface area contributed by atoms with Gasteiger partial charge in [-0.1, -0.05) is 38.1 Å².